The van der Waals surface area contributed by atoms with Crippen LogP contribution in [0.2, 0.25) is 0 Å². The number of nitrogens with one attached hydrogen (secondary N) is 2. The lowest BCUT2D eigenvalue weighted by Crippen LogP contribution is -2.24. The molecular weight excluding hydrogens is 320 g/mol. The molecular formula is C12H16BrClN2O2. The summed E-state index contributed by atoms with van der Waals surface area (Å²) in [4.78, 5) is 12.0. The van der Waals surface area contributed by atoms with Crippen molar-refractivity contribution in [3.8, 4) is 5.75 Å². The van der Waals surface area contributed by atoms with Crippen LogP contribution in [0.4, 0.5) is 5.69 Å². The Bertz CT molecular complexity index is 423. The fourth-order valence-corrected chi connectivity index (χ4v) is 2.25. The van der Waals surface area contributed by atoms with Gasteiger partial charge in [0.15, 0.2) is 0 Å². The summed E-state index contributed by atoms with van der Waals surface area (Å²) in [5, 5.41) is 6.09. The van der Waals surface area contributed by atoms with Crippen molar-refractivity contribution < 1.29 is 9.53 Å². The van der Waals surface area contributed by atoms with Crippen LogP contribution in [-0.4, -0.2) is 26.1 Å². The van der Waals surface area contributed by atoms with Gasteiger partial charge in [0, 0.05) is 11.0 Å². The van der Waals surface area contributed by atoms with Gasteiger partial charge in [-0.15, -0.1) is 12.4 Å². The van der Waals surface area contributed by atoms with Gasteiger partial charge < -0.3 is 15.4 Å². The molecule has 2 N–H and O–H groups in total. The van der Waals surface area contributed by atoms with Crippen LogP contribution in [0.1, 0.15) is 6.42 Å². The largest absolute Gasteiger partial charge is 0.495 e. The summed E-state index contributed by atoms with van der Waals surface area (Å²) in [6.07, 6.45) is 0.891. The molecule has 1 atom stereocenters. The molecule has 1 unspecified atom stereocenters. The summed E-state index contributed by atoms with van der Waals surface area (Å²) in [5.74, 6) is 0.776. The van der Waals surface area contributed by atoms with E-state index in [1.54, 1.807) is 7.11 Å². The number of carbonyl (C=O) groups excluding carboxylic acids is 1. The monoisotopic (exact) mass is 334 g/mol. The number of amides is 1. The summed E-state index contributed by atoms with van der Waals surface area (Å²) in [6, 6.07) is 5.55. The van der Waals surface area contributed by atoms with Crippen molar-refractivity contribution in [1.82, 2.24) is 5.32 Å². The Balaban J connectivity index is 0.00000162. The van der Waals surface area contributed by atoms with Gasteiger partial charge in [0.25, 0.3) is 0 Å². The molecule has 1 heterocycles. The first kappa shape index (κ1) is 15.3. The highest BCUT2D eigenvalue weighted by Gasteiger charge is 2.23. The van der Waals surface area contributed by atoms with Crippen LogP contribution in [0.15, 0.2) is 22.7 Å². The van der Waals surface area contributed by atoms with Crippen molar-refractivity contribution in [3.05, 3.63) is 22.7 Å². The SMILES string of the molecule is COc1ccc(Br)cc1NC(=O)C1CCNC1.Cl. The third-order valence-electron chi connectivity index (χ3n) is 2.85. The molecule has 1 saturated heterocycles. The zero-order valence-corrected chi connectivity index (χ0v) is 12.4. The lowest BCUT2D eigenvalue weighted by atomic mass is 10.1. The lowest BCUT2D eigenvalue weighted by molar-refractivity contribution is -0.119. The third-order valence-corrected chi connectivity index (χ3v) is 3.34. The van der Waals surface area contributed by atoms with E-state index in [4.69, 9.17) is 4.74 Å². The molecule has 0 spiro atoms. The predicted molar refractivity (Wildman–Crippen MR) is 77.5 cm³/mol. The number of benzene rings is 1. The van der Waals surface area contributed by atoms with E-state index in [1.807, 2.05) is 18.2 Å². The van der Waals surface area contributed by atoms with Crippen LogP contribution in [0.25, 0.3) is 0 Å². The summed E-state index contributed by atoms with van der Waals surface area (Å²) in [6.45, 7) is 1.66. The minimum atomic E-state index is 0. The van der Waals surface area contributed by atoms with E-state index in [9.17, 15) is 4.79 Å². The number of rotatable bonds is 3. The molecule has 1 aromatic carbocycles. The normalized spacial score (nSPS) is 18.0. The molecule has 1 aliphatic rings. The highest BCUT2D eigenvalue weighted by atomic mass is 79.9. The van der Waals surface area contributed by atoms with Crippen LogP contribution in [-0.2, 0) is 4.79 Å². The Kier molecular flexibility index (Phi) is 5.91. The van der Waals surface area contributed by atoms with E-state index in [-0.39, 0.29) is 24.2 Å². The average Bonchev–Trinajstić information content (AvgIpc) is 2.83. The van der Waals surface area contributed by atoms with Gasteiger partial charge in [-0.2, -0.15) is 0 Å². The lowest BCUT2D eigenvalue weighted by Gasteiger charge is -2.13. The Morgan fingerprint density at radius 1 is 1.56 bits per heavy atom. The molecule has 1 fully saturated rings. The third kappa shape index (κ3) is 3.60. The van der Waals surface area contributed by atoms with Crippen molar-refractivity contribution in [2.75, 3.05) is 25.5 Å². The molecule has 0 aromatic heterocycles. The van der Waals surface area contributed by atoms with Gasteiger partial charge in [-0.3, -0.25) is 4.79 Å². The second-order valence-corrected chi connectivity index (χ2v) is 4.94. The van der Waals surface area contributed by atoms with Gasteiger partial charge in [-0.25, -0.2) is 0 Å². The maximum atomic E-state index is 12.0. The van der Waals surface area contributed by atoms with Crippen LogP contribution in [0.5, 0.6) is 5.75 Å². The Morgan fingerprint density at radius 3 is 2.94 bits per heavy atom. The van der Waals surface area contributed by atoms with E-state index < -0.39 is 0 Å². The fraction of sp³-hybridized carbons (Fsp3) is 0.417. The minimum Gasteiger partial charge on any atom is -0.495 e. The summed E-state index contributed by atoms with van der Waals surface area (Å²) < 4.78 is 6.13. The van der Waals surface area contributed by atoms with Gasteiger partial charge in [-0.05, 0) is 31.2 Å². The van der Waals surface area contributed by atoms with Crippen molar-refractivity contribution in [3.63, 3.8) is 0 Å². The van der Waals surface area contributed by atoms with Gasteiger partial charge in [0.2, 0.25) is 5.91 Å². The minimum absolute atomic E-state index is 0. The van der Waals surface area contributed by atoms with Crippen LogP contribution >= 0.6 is 28.3 Å². The molecule has 100 valence electrons. The van der Waals surface area contributed by atoms with Gasteiger partial charge in [0.1, 0.15) is 5.75 Å². The standard InChI is InChI=1S/C12H15BrN2O2.ClH/c1-17-11-3-2-9(13)6-10(11)15-12(16)8-4-5-14-7-8;/h2-3,6,8,14H,4-5,7H2,1H3,(H,15,16);1H. The van der Waals surface area contributed by atoms with E-state index in [1.165, 1.54) is 0 Å². The maximum absolute atomic E-state index is 12.0. The second-order valence-electron chi connectivity index (χ2n) is 4.02. The number of anilines is 1. The molecule has 4 nitrogen and oxygen atoms in total. The number of hydrogen-bond donors (Lipinski definition) is 2. The number of hydrogen-bond acceptors (Lipinski definition) is 3. The number of carbonyl (C=O) groups is 1. The molecule has 0 aliphatic carbocycles. The number of halogens is 2. The molecule has 1 aliphatic heterocycles. The highest BCUT2D eigenvalue weighted by molar-refractivity contribution is 9.10. The van der Waals surface area contributed by atoms with E-state index in [0.717, 1.165) is 24.0 Å². The number of ether oxygens (including phenoxy) is 1. The van der Waals surface area contributed by atoms with Gasteiger partial charge >= 0.3 is 0 Å². The van der Waals surface area contributed by atoms with Crippen LogP contribution < -0.4 is 15.4 Å². The van der Waals surface area contributed by atoms with Crippen LogP contribution in [0.3, 0.4) is 0 Å². The molecule has 0 radical (unpaired) electrons. The molecule has 2 rings (SSSR count). The summed E-state index contributed by atoms with van der Waals surface area (Å²) >= 11 is 3.38. The number of methoxy groups -OCH3 is 1. The highest BCUT2D eigenvalue weighted by Crippen LogP contribution is 2.28. The zero-order chi connectivity index (χ0) is 12.3. The van der Waals surface area contributed by atoms with Gasteiger partial charge in [0.05, 0.1) is 18.7 Å². The Labute approximate surface area is 121 Å². The quantitative estimate of drug-likeness (QED) is 0.892. The van der Waals surface area contributed by atoms with E-state index >= 15 is 0 Å². The molecule has 1 aromatic rings. The molecule has 0 saturated carbocycles. The molecule has 1 amide bonds. The van der Waals surface area contributed by atoms with Crippen molar-refractivity contribution in [2.45, 2.75) is 6.42 Å². The molecule has 0 bridgehead atoms. The van der Waals surface area contributed by atoms with Crippen LogP contribution in [0, 0.1) is 5.92 Å². The maximum Gasteiger partial charge on any atom is 0.228 e. The average molecular weight is 336 g/mol. The predicted octanol–water partition coefficient (Wildman–Crippen LogP) is 2.43. The van der Waals surface area contributed by atoms with Crippen molar-refractivity contribution in [2.24, 2.45) is 5.92 Å². The first-order valence-corrected chi connectivity index (χ1v) is 6.35. The van der Waals surface area contributed by atoms with Crippen molar-refractivity contribution in [1.29, 1.82) is 0 Å². The Hall–Kier alpha value is -0.780. The smallest absolute Gasteiger partial charge is 0.228 e. The first-order valence-electron chi connectivity index (χ1n) is 5.56. The Morgan fingerprint density at radius 2 is 2.33 bits per heavy atom. The van der Waals surface area contributed by atoms with Gasteiger partial charge in [-0.1, -0.05) is 15.9 Å². The topological polar surface area (TPSA) is 50.4 Å². The second kappa shape index (κ2) is 6.97. The van der Waals surface area contributed by atoms with E-state index in [0.29, 0.717) is 11.4 Å². The van der Waals surface area contributed by atoms with E-state index in [2.05, 4.69) is 26.6 Å². The summed E-state index contributed by atoms with van der Waals surface area (Å²) in [7, 11) is 1.59. The summed E-state index contributed by atoms with van der Waals surface area (Å²) in [5.41, 5.74) is 0.707. The molecule has 18 heavy (non-hydrogen) atoms. The zero-order valence-electron chi connectivity index (χ0n) is 10.0. The molecule has 6 heteroatoms. The van der Waals surface area contributed by atoms with Crippen molar-refractivity contribution >= 4 is 39.9 Å². The fourth-order valence-electron chi connectivity index (χ4n) is 1.89. The first-order chi connectivity index (χ1) is 8.20.